The van der Waals surface area contributed by atoms with Crippen LogP contribution in [0.3, 0.4) is 0 Å². The Morgan fingerprint density at radius 2 is 1.69 bits per heavy atom. The fraction of sp³-hybridized carbons (Fsp3) is 0.450. The number of thiazole rings is 1. The highest BCUT2D eigenvalue weighted by atomic mass is 32.1. The maximum absolute atomic E-state index is 12.4. The van der Waals surface area contributed by atoms with Crippen molar-refractivity contribution in [3.8, 4) is 0 Å². The lowest BCUT2D eigenvalue weighted by molar-refractivity contribution is -0.122. The van der Waals surface area contributed by atoms with Gasteiger partial charge in [-0.15, -0.1) is 11.3 Å². The largest absolute Gasteiger partial charge is 0.477 e. The van der Waals surface area contributed by atoms with E-state index in [0.29, 0.717) is 23.0 Å². The van der Waals surface area contributed by atoms with Crippen LogP contribution in [0.25, 0.3) is 0 Å². The van der Waals surface area contributed by atoms with E-state index in [-0.39, 0.29) is 22.7 Å². The molecule has 0 fully saturated rings. The van der Waals surface area contributed by atoms with Crippen LogP contribution in [0.1, 0.15) is 83.5 Å². The Balaban J connectivity index is 1.96. The fourth-order valence-corrected chi connectivity index (χ4v) is 3.68. The monoisotopic (exact) mass is 374 g/mol. The Morgan fingerprint density at radius 1 is 1.12 bits per heavy atom. The average Bonchev–Trinajstić information content (AvgIpc) is 2.97. The zero-order chi connectivity index (χ0) is 19.4. The van der Waals surface area contributed by atoms with Gasteiger partial charge < -0.3 is 10.4 Å². The van der Waals surface area contributed by atoms with Crippen LogP contribution in [0, 0.1) is 6.92 Å². The van der Waals surface area contributed by atoms with E-state index in [9.17, 15) is 9.59 Å². The predicted octanol–water partition coefficient (Wildman–Crippen LogP) is 4.64. The molecule has 0 saturated heterocycles. The number of amides is 1. The summed E-state index contributed by atoms with van der Waals surface area (Å²) in [7, 11) is 0. The second-order valence-electron chi connectivity index (χ2n) is 6.99. The quantitative estimate of drug-likeness (QED) is 0.740. The van der Waals surface area contributed by atoms with Gasteiger partial charge >= 0.3 is 5.97 Å². The molecule has 26 heavy (non-hydrogen) atoms. The highest BCUT2D eigenvalue weighted by molar-refractivity contribution is 7.13. The molecule has 2 aromatic rings. The van der Waals surface area contributed by atoms with Gasteiger partial charge in [-0.1, -0.05) is 45.0 Å². The number of rotatable bonds is 7. The van der Waals surface area contributed by atoms with Crippen molar-refractivity contribution in [1.82, 2.24) is 10.3 Å². The van der Waals surface area contributed by atoms with Crippen LogP contribution in [0.4, 0.5) is 0 Å². The van der Waals surface area contributed by atoms with Crippen molar-refractivity contribution < 1.29 is 14.7 Å². The van der Waals surface area contributed by atoms with Crippen LogP contribution in [0.5, 0.6) is 0 Å². The second-order valence-corrected chi connectivity index (χ2v) is 8.02. The van der Waals surface area contributed by atoms with Gasteiger partial charge in [0.15, 0.2) is 0 Å². The van der Waals surface area contributed by atoms with Crippen molar-refractivity contribution in [1.29, 1.82) is 0 Å². The molecule has 6 heteroatoms. The zero-order valence-electron chi connectivity index (χ0n) is 15.9. The van der Waals surface area contributed by atoms with Crippen molar-refractivity contribution >= 4 is 23.2 Å². The van der Waals surface area contributed by atoms with E-state index in [1.54, 1.807) is 6.92 Å². The Kier molecular flexibility index (Phi) is 6.53. The summed E-state index contributed by atoms with van der Waals surface area (Å²) in [5.41, 5.74) is 2.90. The van der Waals surface area contributed by atoms with Gasteiger partial charge in [-0.05, 0) is 36.8 Å². The van der Waals surface area contributed by atoms with E-state index >= 15 is 0 Å². The summed E-state index contributed by atoms with van der Waals surface area (Å²) in [5.74, 6) is -0.456. The molecule has 2 N–H and O–H groups in total. The lowest BCUT2D eigenvalue weighted by atomic mass is 9.94. The van der Waals surface area contributed by atoms with Crippen molar-refractivity contribution in [3.63, 3.8) is 0 Å². The number of carboxylic acid groups (broad SMARTS) is 1. The molecule has 1 aromatic carbocycles. The molecule has 1 heterocycles. The van der Waals surface area contributed by atoms with Crippen LogP contribution < -0.4 is 5.32 Å². The fourth-order valence-electron chi connectivity index (χ4n) is 2.77. The topological polar surface area (TPSA) is 79.3 Å². The molecule has 1 amide bonds. The number of hydrogen-bond acceptors (Lipinski definition) is 4. The summed E-state index contributed by atoms with van der Waals surface area (Å²) in [5, 5.41) is 12.7. The van der Waals surface area contributed by atoms with Crippen molar-refractivity contribution in [2.45, 2.75) is 58.9 Å². The standard InChI is InChI=1S/C20H26N2O3S/c1-11(2)15-6-8-16(9-7-15)12(3)10-17(23)21-14(5)19-22-13(4)18(26-19)20(24)25/h6-9,11-12,14H,10H2,1-5H3,(H,21,23)(H,24,25). The maximum Gasteiger partial charge on any atom is 0.347 e. The zero-order valence-corrected chi connectivity index (χ0v) is 16.7. The molecule has 1 aromatic heterocycles. The maximum atomic E-state index is 12.4. The first-order chi connectivity index (χ1) is 12.2. The van der Waals surface area contributed by atoms with Crippen LogP contribution in [0.15, 0.2) is 24.3 Å². The van der Waals surface area contributed by atoms with Crippen molar-refractivity contribution in [2.24, 2.45) is 0 Å². The van der Waals surface area contributed by atoms with Gasteiger partial charge in [0.1, 0.15) is 9.88 Å². The number of aromatic nitrogens is 1. The number of carbonyl (C=O) groups excluding carboxylic acids is 1. The van der Waals surface area contributed by atoms with Gasteiger partial charge in [0.25, 0.3) is 0 Å². The number of benzene rings is 1. The minimum Gasteiger partial charge on any atom is -0.477 e. The summed E-state index contributed by atoms with van der Waals surface area (Å²) in [6, 6.07) is 8.08. The molecule has 5 nitrogen and oxygen atoms in total. The van der Waals surface area contributed by atoms with Gasteiger partial charge in [-0.3, -0.25) is 4.79 Å². The smallest absolute Gasteiger partial charge is 0.347 e. The van der Waals surface area contributed by atoms with Gasteiger partial charge in [-0.25, -0.2) is 9.78 Å². The molecule has 2 atom stereocenters. The molecule has 0 aliphatic rings. The van der Waals surface area contributed by atoms with E-state index in [2.05, 4.69) is 48.4 Å². The summed E-state index contributed by atoms with van der Waals surface area (Å²) >= 11 is 1.11. The Hall–Kier alpha value is -2.21. The lowest BCUT2D eigenvalue weighted by Crippen LogP contribution is -2.27. The Labute approximate surface area is 158 Å². The van der Waals surface area contributed by atoms with E-state index in [0.717, 1.165) is 16.9 Å². The summed E-state index contributed by atoms with van der Waals surface area (Å²) in [6.45, 7) is 9.84. The number of carboxylic acids is 1. The number of carbonyl (C=O) groups is 2. The van der Waals surface area contributed by atoms with Gasteiger partial charge in [-0.2, -0.15) is 0 Å². The first kappa shape index (κ1) is 20.1. The van der Waals surface area contributed by atoms with Crippen LogP contribution >= 0.6 is 11.3 Å². The van der Waals surface area contributed by atoms with Gasteiger partial charge in [0.05, 0.1) is 11.7 Å². The van der Waals surface area contributed by atoms with Gasteiger partial charge in [0.2, 0.25) is 5.91 Å². The Bertz CT molecular complexity index is 781. The molecule has 2 unspecified atom stereocenters. The minimum atomic E-state index is -0.983. The van der Waals surface area contributed by atoms with Crippen LogP contribution in [-0.4, -0.2) is 22.0 Å². The third kappa shape index (κ3) is 4.91. The first-order valence-corrected chi connectivity index (χ1v) is 9.60. The molecule has 0 aliphatic heterocycles. The number of hydrogen-bond donors (Lipinski definition) is 2. The minimum absolute atomic E-state index is 0.0670. The molecular weight excluding hydrogens is 348 g/mol. The van der Waals surface area contributed by atoms with Crippen LogP contribution in [0.2, 0.25) is 0 Å². The Morgan fingerprint density at radius 3 is 2.19 bits per heavy atom. The van der Waals surface area contributed by atoms with E-state index < -0.39 is 5.97 Å². The molecule has 2 rings (SSSR count). The molecule has 0 saturated carbocycles. The summed E-state index contributed by atoms with van der Waals surface area (Å²) in [6.07, 6.45) is 0.376. The average molecular weight is 375 g/mol. The molecule has 140 valence electrons. The number of aryl methyl sites for hydroxylation is 1. The molecular formula is C20H26N2O3S. The third-order valence-electron chi connectivity index (χ3n) is 4.42. The van der Waals surface area contributed by atoms with Crippen molar-refractivity contribution in [3.05, 3.63) is 51.0 Å². The van der Waals surface area contributed by atoms with E-state index in [1.807, 2.05) is 13.8 Å². The normalized spacial score (nSPS) is 13.5. The predicted molar refractivity (Wildman–Crippen MR) is 104 cm³/mol. The van der Waals surface area contributed by atoms with E-state index in [4.69, 9.17) is 5.11 Å². The molecule has 0 bridgehead atoms. The summed E-state index contributed by atoms with van der Waals surface area (Å²) in [4.78, 5) is 28.0. The van der Waals surface area contributed by atoms with E-state index in [1.165, 1.54) is 5.56 Å². The highest BCUT2D eigenvalue weighted by Gasteiger charge is 2.20. The highest BCUT2D eigenvalue weighted by Crippen LogP contribution is 2.25. The number of nitrogens with one attached hydrogen (secondary N) is 1. The molecule has 0 radical (unpaired) electrons. The second kappa shape index (κ2) is 8.45. The molecule has 0 spiro atoms. The number of nitrogens with zero attached hydrogens (tertiary/aromatic N) is 1. The molecule has 0 aliphatic carbocycles. The van der Waals surface area contributed by atoms with Gasteiger partial charge in [0, 0.05) is 6.42 Å². The lowest BCUT2D eigenvalue weighted by Gasteiger charge is -2.16. The van der Waals surface area contributed by atoms with Crippen molar-refractivity contribution in [2.75, 3.05) is 0 Å². The third-order valence-corrected chi connectivity index (χ3v) is 5.75. The SMILES string of the molecule is Cc1nc(C(C)NC(=O)CC(C)c2ccc(C(C)C)cc2)sc1C(=O)O. The van der Waals surface area contributed by atoms with Crippen LogP contribution in [-0.2, 0) is 4.79 Å². The summed E-state index contributed by atoms with van der Waals surface area (Å²) < 4.78 is 0. The number of aromatic carboxylic acids is 1. The first-order valence-electron chi connectivity index (χ1n) is 8.78.